The van der Waals surface area contributed by atoms with E-state index in [9.17, 15) is 9.59 Å². The second kappa shape index (κ2) is 9.36. The molecular formula is C26H21N5O2S. The number of aromatic nitrogens is 4. The fraction of sp³-hybridized carbons (Fsp3) is 0.0769. The minimum atomic E-state index is -0.595. The van der Waals surface area contributed by atoms with Crippen molar-refractivity contribution in [1.82, 2.24) is 19.1 Å². The molecule has 0 saturated heterocycles. The van der Waals surface area contributed by atoms with Crippen LogP contribution in [0.15, 0.2) is 101 Å². The lowest BCUT2D eigenvalue weighted by atomic mass is 10.1. The molecule has 7 nitrogen and oxygen atoms in total. The summed E-state index contributed by atoms with van der Waals surface area (Å²) < 4.78 is 3.43. The molecule has 0 fully saturated rings. The van der Waals surface area contributed by atoms with Gasteiger partial charge in [0.2, 0.25) is 5.91 Å². The average molecular weight is 468 g/mol. The highest BCUT2D eigenvalue weighted by Gasteiger charge is 2.17. The zero-order valence-corrected chi connectivity index (χ0v) is 19.0. The molecule has 5 aromatic rings. The number of para-hydroxylation sites is 2. The highest BCUT2D eigenvalue weighted by Crippen LogP contribution is 2.31. The van der Waals surface area contributed by atoms with E-state index >= 15 is 0 Å². The zero-order chi connectivity index (χ0) is 23.5. The molecule has 0 atom stereocenters. The first-order valence-electron chi connectivity index (χ1n) is 10.7. The topological polar surface area (TPSA) is 95.8 Å². The van der Waals surface area contributed by atoms with Gasteiger partial charge in [-0.2, -0.15) is 0 Å². The van der Waals surface area contributed by atoms with Gasteiger partial charge in [0.15, 0.2) is 5.16 Å². The van der Waals surface area contributed by atoms with Crippen molar-refractivity contribution in [3.05, 3.63) is 107 Å². The van der Waals surface area contributed by atoms with Crippen molar-refractivity contribution in [2.75, 3.05) is 0 Å². The van der Waals surface area contributed by atoms with E-state index in [1.807, 2.05) is 72.9 Å². The van der Waals surface area contributed by atoms with Gasteiger partial charge in [0.1, 0.15) is 12.4 Å². The molecule has 2 aromatic heterocycles. The van der Waals surface area contributed by atoms with E-state index in [4.69, 9.17) is 5.73 Å². The number of carbonyl (C=O) groups excluding carboxylic acids is 1. The Hall–Kier alpha value is -4.17. The van der Waals surface area contributed by atoms with Gasteiger partial charge in [0.25, 0.3) is 5.56 Å². The summed E-state index contributed by atoms with van der Waals surface area (Å²) in [6.07, 6.45) is 1.84. The Morgan fingerprint density at radius 2 is 1.59 bits per heavy atom. The van der Waals surface area contributed by atoms with Gasteiger partial charge in [0, 0.05) is 11.3 Å². The molecule has 0 aliphatic rings. The maximum Gasteiger partial charge on any atom is 0.261 e. The summed E-state index contributed by atoms with van der Waals surface area (Å²) >= 11 is 1.45. The molecule has 0 spiro atoms. The number of rotatable bonds is 7. The molecule has 34 heavy (non-hydrogen) atoms. The standard InChI is InChI=1S/C26H21N5O2S/c27-23(32)16-30-24(29-21-14-8-7-13-20(21)25(30)33)17-34-26-28-15-22(18-9-3-1-4-10-18)31(26)19-11-5-2-6-12-19/h1-15H,16-17H2,(H2,27,32). The molecular weight excluding hydrogens is 446 g/mol. The predicted octanol–water partition coefficient (Wildman–Crippen LogP) is 4.03. The van der Waals surface area contributed by atoms with E-state index in [1.165, 1.54) is 16.3 Å². The van der Waals surface area contributed by atoms with Crippen LogP contribution in [-0.4, -0.2) is 25.0 Å². The summed E-state index contributed by atoms with van der Waals surface area (Å²) in [7, 11) is 0. The van der Waals surface area contributed by atoms with Crippen LogP contribution in [-0.2, 0) is 17.1 Å². The number of fused-ring (bicyclic) bond motifs is 1. The van der Waals surface area contributed by atoms with Gasteiger partial charge in [-0.15, -0.1) is 0 Å². The van der Waals surface area contributed by atoms with Crippen molar-refractivity contribution in [3.8, 4) is 16.9 Å². The fourth-order valence-electron chi connectivity index (χ4n) is 3.85. The molecule has 0 radical (unpaired) electrons. The Kier molecular flexibility index (Phi) is 5.97. The molecule has 2 N–H and O–H groups in total. The monoisotopic (exact) mass is 467 g/mol. The highest BCUT2D eigenvalue weighted by atomic mass is 32.2. The van der Waals surface area contributed by atoms with E-state index in [-0.39, 0.29) is 12.1 Å². The van der Waals surface area contributed by atoms with Gasteiger partial charge in [-0.25, -0.2) is 9.97 Å². The largest absolute Gasteiger partial charge is 0.368 e. The normalized spacial score (nSPS) is 11.1. The van der Waals surface area contributed by atoms with Gasteiger partial charge in [-0.05, 0) is 24.3 Å². The van der Waals surface area contributed by atoms with Crippen molar-refractivity contribution in [2.24, 2.45) is 5.73 Å². The Morgan fingerprint density at radius 1 is 0.912 bits per heavy atom. The molecule has 8 heteroatoms. The quantitative estimate of drug-likeness (QED) is 0.365. The van der Waals surface area contributed by atoms with Crippen molar-refractivity contribution >= 4 is 28.6 Å². The summed E-state index contributed by atoms with van der Waals surface area (Å²) in [6, 6.07) is 27.1. The second-order valence-electron chi connectivity index (χ2n) is 7.65. The predicted molar refractivity (Wildman–Crippen MR) is 134 cm³/mol. The molecule has 0 unspecified atom stereocenters. The number of nitrogens with zero attached hydrogens (tertiary/aromatic N) is 4. The molecule has 0 saturated carbocycles. The number of imidazole rings is 1. The van der Waals surface area contributed by atoms with Crippen LogP contribution in [0.1, 0.15) is 5.82 Å². The minimum absolute atomic E-state index is 0.227. The summed E-state index contributed by atoms with van der Waals surface area (Å²) in [5, 5.41) is 1.20. The van der Waals surface area contributed by atoms with Gasteiger partial charge in [-0.3, -0.25) is 18.7 Å². The average Bonchev–Trinajstić information content (AvgIpc) is 3.29. The number of carbonyl (C=O) groups is 1. The van der Waals surface area contributed by atoms with E-state index in [0.717, 1.165) is 22.1 Å². The molecule has 0 aliphatic heterocycles. The maximum absolute atomic E-state index is 13.1. The number of amides is 1. The molecule has 5 rings (SSSR count). The number of benzene rings is 3. The van der Waals surface area contributed by atoms with E-state index in [0.29, 0.717) is 22.5 Å². The van der Waals surface area contributed by atoms with E-state index < -0.39 is 5.91 Å². The first kappa shape index (κ1) is 21.7. The molecule has 1 amide bonds. The van der Waals surface area contributed by atoms with Crippen LogP contribution in [0.4, 0.5) is 0 Å². The summed E-state index contributed by atoms with van der Waals surface area (Å²) in [5.74, 6) is 0.213. The third-order valence-electron chi connectivity index (χ3n) is 5.40. The fourth-order valence-corrected chi connectivity index (χ4v) is 4.79. The number of nitrogens with two attached hydrogens (primary N) is 1. The van der Waals surface area contributed by atoms with Crippen LogP contribution in [0, 0.1) is 0 Å². The highest BCUT2D eigenvalue weighted by molar-refractivity contribution is 7.98. The van der Waals surface area contributed by atoms with E-state index in [1.54, 1.807) is 18.2 Å². The summed E-state index contributed by atoms with van der Waals surface area (Å²) in [5.41, 5.74) is 8.70. The van der Waals surface area contributed by atoms with Crippen molar-refractivity contribution < 1.29 is 4.79 Å². The van der Waals surface area contributed by atoms with Crippen LogP contribution in [0.3, 0.4) is 0 Å². The van der Waals surface area contributed by atoms with Crippen molar-refractivity contribution in [3.63, 3.8) is 0 Å². The van der Waals surface area contributed by atoms with Crippen LogP contribution >= 0.6 is 11.8 Å². The van der Waals surface area contributed by atoms with Crippen LogP contribution in [0.2, 0.25) is 0 Å². The Morgan fingerprint density at radius 3 is 2.32 bits per heavy atom. The van der Waals surface area contributed by atoms with Gasteiger partial charge in [-0.1, -0.05) is 72.4 Å². The third kappa shape index (κ3) is 4.23. The van der Waals surface area contributed by atoms with Crippen molar-refractivity contribution in [2.45, 2.75) is 17.5 Å². The first-order chi connectivity index (χ1) is 16.6. The molecule has 3 aromatic carbocycles. The lowest BCUT2D eigenvalue weighted by Crippen LogP contribution is -2.31. The lowest BCUT2D eigenvalue weighted by molar-refractivity contribution is -0.118. The maximum atomic E-state index is 13.1. The minimum Gasteiger partial charge on any atom is -0.368 e. The second-order valence-corrected chi connectivity index (χ2v) is 8.60. The van der Waals surface area contributed by atoms with Gasteiger partial charge >= 0.3 is 0 Å². The van der Waals surface area contributed by atoms with Crippen LogP contribution in [0.5, 0.6) is 0 Å². The SMILES string of the molecule is NC(=O)Cn1c(CSc2ncc(-c3ccccc3)n2-c2ccccc2)nc2ccccc2c1=O. The molecule has 0 aliphatic carbocycles. The van der Waals surface area contributed by atoms with E-state index in [2.05, 4.69) is 14.5 Å². The Bertz CT molecular complexity index is 1530. The Labute approximate surface area is 199 Å². The molecule has 2 heterocycles. The lowest BCUT2D eigenvalue weighted by Gasteiger charge is -2.14. The number of primary amides is 1. The number of hydrogen-bond donors (Lipinski definition) is 1. The van der Waals surface area contributed by atoms with Gasteiger partial charge in [0.05, 0.1) is 28.5 Å². The third-order valence-corrected chi connectivity index (χ3v) is 6.35. The number of hydrogen-bond acceptors (Lipinski definition) is 5. The number of thioether (sulfide) groups is 1. The van der Waals surface area contributed by atoms with Crippen LogP contribution < -0.4 is 11.3 Å². The van der Waals surface area contributed by atoms with Crippen LogP contribution in [0.25, 0.3) is 27.8 Å². The molecule has 168 valence electrons. The smallest absolute Gasteiger partial charge is 0.261 e. The molecule has 0 bridgehead atoms. The first-order valence-corrected chi connectivity index (χ1v) is 11.7. The summed E-state index contributed by atoms with van der Waals surface area (Å²) in [6.45, 7) is -0.227. The summed E-state index contributed by atoms with van der Waals surface area (Å²) in [4.78, 5) is 34.1. The van der Waals surface area contributed by atoms with Crippen molar-refractivity contribution in [1.29, 1.82) is 0 Å². The Balaban J connectivity index is 1.57. The zero-order valence-electron chi connectivity index (χ0n) is 18.2. The van der Waals surface area contributed by atoms with Gasteiger partial charge < -0.3 is 5.73 Å².